The molecule has 0 saturated carbocycles. The van der Waals surface area contributed by atoms with Crippen LogP contribution in [0.2, 0.25) is 0 Å². The van der Waals surface area contributed by atoms with Gasteiger partial charge in [-0.2, -0.15) is 0 Å². The van der Waals surface area contributed by atoms with E-state index in [9.17, 15) is 0 Å². The minimum atomic E-state index is -0.641. The molecule has 0 radical (unpaired) electrons. The standard InChI is InChI=1S/C9H19NO3/c1-7-4-8(2-3-13-7)10-5-9(12)6-11/h7-12H,2-6H2,1H3. The summed E-state index contributed by atoms with van der Waals surface area (Å²) in [4.78, 5) is 0. The van der Waals surface area contributed by atoms with E-state index in [-0.39, 0.29) is 6.61 Å². The lowest BCUT2D eigenvalue weighted by molar-refractivity contribution is 0.00920. The normalized spacial score (nSPS) is 31.6. The molecule has 0 aromatic rings. The molecule has 1 fully saturated rings. The monoisotopic (exact) mass is 189 g/mol. The van der Waals surface area contributed by atoms with E-state index in [4.69, 9.17) is 14.9 Å². The van der Waals surface area contributed by atoms with Crippen LogP contribution in [-0.4, -0.2) is 48.2 Å². The quantitative estimate of drug-likeness (QED) is 0.558. The minimum absolute atomic E-state index is 0.175. The van der Waals surface area contributed by atoms with Crippen molar-refractivity contribution in [2.24, 2.45) is 0 Å². The van der Waals surface area contributed by atoms with Crippen molar-refractivity contribution in [1.29, 1.82) is 0 Å². The first-order chi connectivity index (χ1) is 6.22. The second-order valence-electron chi connectivity index (χ2n) is 3.65. The Bertz CT molecular complexity index is 143. The van der Waals surface area contributed by atoms with Crippen LogP contribution in [0.5, 0.6) is 0 Å². The van der Waals surface area contributed by atoms with Gasteiger partial charge in [0, 0.05) is 19.2 Å². The van der Waals surface area contributed by atoms with Crippen molar-refractivity contribution in [2.45, 2.75) is 38.0 Å². The minimum Gasteiger partial charge on any atom is -0.394 e. The molecule has 1 aliphatic rings. The molecule has 4 heteroatoms. The summed E-state index contributed by atoms with van der Waals surface area (Å²) in [5, 5.41) is 20.9. The van der Waals surface area contributed by atoms with E-state index in [0.717, 1.165) is 19.4 Å². The molecule has 4 nitrogen and oxygen atoms in total. The Hall–Kier alpha value is -0.160. The van der Waals surface area contributed by atoms with E-state index in [0.29, 0.717) is 18.7 Å². The van der Waals surface area contributed by atoms with Gasteiger partial charge in [0.25, 0.3) is 0 Å². The number of nitrogens with one attached hydrogen (secondary N) is 1. The molecule has 1 rings (SSSR count). The molecule has 0 aliphatic carbocycles. The fourth-order valence-electron chi connectivity index (χ4n) is 1.55. The number of aliphatic hydroxyl groups excluding tert-OH is 2. The highest BCUT2D eigenvalue weighted by Gasteiger charge is 2.19. The van der Waals surface area contributed by atoms with Gasteiger partial charge in [-0.1, -0.05) is 0 Å². The lowest BCUT2D eigenvalue weighted by Gasteiger charge is -2.28. The highest BCUT2D eigenvalue weighted by molar-refractivity contribution is 4.75. The Morgan fingerprint density at radius 1 is 1.62 bits per heavy atom. The summed E-state index contributed by atoms with van der Waals surface area (Å²) in [7, 11) is 0. The predicted molar refractivity (Wildman–Crippen MR) is 49.5 cm³/mol. The molecular formula is C9H19NO3. The van der Waals surface area contributed by atoms with Crippen LogP contribution in [0.4, 0.5) is 0 Å². The second-order valence-corrected chi connectivity index (χ2v) is 3.65. The first kappa shape index (κ1) is 10.9. The number of rotatable bonds is 4. The number of ether oxygens (including phenoxy) is 1. The molecule has 1 saturated heterocycles. The third kappa shape index (κ3) is 4.04. The number of aliphatic hydroxyl groups is 2. The van der Waals surface area contributed by atoms with Gasteiger partial charge in [0.1, 0.15) is 0 Å². The molecule has 0 amide bonds. The molecule has 3 N–H and O–H groups in total. The lowest BCUT2D eigenvalue weighted by Crippen LogP contribution is -2.42. The van der Waals surface area contributed by atoms with Crippen molar-refractivity contribution in [3.63, 3.8) is 0 Å². The van der Waals surface area contributed by atoms with Gasteiger partial charge in [-0.25, -0.2) is 0 Å². The SMILES string of the molecule is CC1CC(NCC(O)CO)CCO1. The molecule has 0 aromatic heterocycles. The summed E-state index contributed by atoms with van der Waals surface area (Å²) >= 11 is 0. The van der Waals surface area contributed by atoms with Gasteiger partial charge in [-0.05, 0) is 19.8 Å². The smallest absolute Gasteiger partial charge is 0.0895 e. The van der Waals surface area contributed by atoms with Gasteiger partial charge in [0.2, 0.25) is 0 Å². The van der Waals surface area contributed by atoms with Crippen LogP contribution in [0.25, 0.3) is 0 Å². The fourth-order valence-corrected chi connectivity index (χ4v) is 1.55. The van der Waals surface area contributed by atoms with Gasteiger partial charge in [0.15, 0.2) is 0 Å². The van der Waals surface area contributed by atoms with Crippen LogP contribution < -0.4 is 5.32 Å². The highest BCUT2D eigenvalue weighted by atomic mass is 16.5. The van der Waals surface area contributed by atoms with E-state index in [1.54, 1.807) is 0 Å². The summed E-state index contributed by atoms with van der Waals surface area (Å²) in [5.41, 5.74) is 0. The zero-order valence-corrected chi connectivity index (χ0v) is 8.07. The topological polar surface area (TPSA) is 61.7 Å². The second kappa shape index (κ2) is 5.54. The Labute approximate surface area is 78.9 Å². The van der Waals surface area contributed by atoms with Crippen molar-refractivity contribution in [2.75, 3.05) is 19.8 Å². The molecule has 0 spiro atoms. The van der Waals surface area contributed by atoms with Gasteiger partial charge < -0.3 is 20.3 Å². The zero-order chi connectivity index (χ0) is 9.68. The molecule has 1 heterocycles. The molecule has 3 atom stereocenters. The molecule has 13 heavy (non-hydrogen) atoms. The van der Waals surface area contributed by atoms with Gasteiger partial charge >= 0.3 is 0 Å². The Balaban J connectivity index is 2.13. The maximum absolute atomic E-state index is 9.11. The molecule has 0 bridgehead atoms. The van der Waals surface area contributed by atoms with Crippen LogP contribution in [0.15, 0.2) is 0 Å². The van der Waals surface area contributed by atoms with Crippen LogP contribution in [0, 0.1) is 0 Å². The first-order valence-electron chi connectivity index (χ1n) is 4.86. The Morgan fingerprint density at radius 3 is 3.00 bits per heavy atom. The molecule has 3 unspecified atom stereocenters. The summed E-state index contributed by atoms with van der Waals surface area (Å²) in [6.45, 7) is 3.13. The summed E-state index contributed by atoms with van der Waals surface area (Å²) in [6, 6.07) is 0.421. The Morgan fingerprint density at radius 2 is 2.38 bits per heavy atom. The van der Waals surface area contributed by atoms with Crippen molar-refractivity contribution in [1.82, 2.24) is 5.32 Å². The first-order valence-corrected chi connectivity index (χ1v) is 4.86. The lowest BCUT2D eigenvalue weighted by atomic mass is 10.0. The van der Waals surface area contributed by atoms with Crippen molar-refractivity contribution in [3.05, 3.63) is 0 Å². The predicted octanol–water partition coefficient (Wildman–Crippen LogP) is -0.503. The molecule has 78 valence electrons. The number of hydrogen-bond donors (Lipinski definition) is 3. The average molecular weight is 189 g/mol. The van der Waals surface area contributed by atoms with Gasteiger partial charge in [-0.3, -0.25) is 0 Å². The maximum atomic E-state index is 9.11. The fraction of sp³-hybridized carbons (Fsp3) is 1.00. The third-order valence-electron chi connectivity index (χ3n) is 2.34. The van der Waals surface area contributed by atoms with Crippen LogP contribution in [0.1, 0.15) is 19.8 Å². The van der Waals surface area contributed by atoms with Gasteiger partial charge in [0.05, 0.1) is 18.8 Å². The largest absolute Gasteiger partial charge is 0.394 e. The number of hydrogen-bond acceptors (Lipinski definition) is 4. The van der Waals surface area contributed by atoms with E-state index < -0.39 is 6.10 Å². The summed E-state index contributed by atoms with van der Waals surface area (Å²) in [5.74, 6) is 0. The summed E-state index contributed by atoms with van der Waals surface area (Å²) < 4.78 is 5.39. The average Bonchev–Trinajstić information content (AvgIpc) is 2.14. The zero-order valence-electron chi connectivity index (χ0n) is 8.07. The van der Waals surface area contributed by atoms with Crippen molar-refractivity contribution >= 4 is 0 Å². The molecular weight excluding hydrogens is 170 g/mol. The van der Waals surface area contributed by atoms with E-state index in [1.807, 2.05) is 0 Å². The van der Waals surface area contributed by atoms with Crippen molar-refractivity contribution < 1.29 is 14.9 Å². The Kier molecular flexibility index (Phi) is 4.66. The summed E-state index contributed by atoms with van der Waals surface area (Å²) in [6.07, 6.45) is 1.64. The van der Waals surface area contributed by atoms with Crippen LogP contribution in [0.3, 0.4) is 0 Å². The van der Waals surface area contributed by atoms with Crippen LogP contribution >= 0.6 is 0 Å². The third-order valence-corrected chi connectivity index (χ3v) is 2.34. The molecule has 1 aliphatic heterocycles. The van der Waals surface area contributed by atoms with Crippen molar-refractivity contribution in [3.8, 4) is 0 Å². The molecule has 0 aromatic carbocycles. The maximum Gasteiger partial charge on any atom is 0.0895 e. The van der Waals surface area contributed by atoms with E-state index in [1.165, 1.54) is 0 Å². The van der Waals surface area contributed by atoms with Crippen LogP contribution in [-0.2, 0) is 4.74 Å². The van der Waals surface area contributed by atoms with E-state index >= 15 is 0 Å². The van der Waals surface area contributed by atoms with Gasteiger partial charge in [-0.15, -0.1) is 0 Å². The van der Waals surface area contributed by atoms with E-state index in [2.05, 4.69) is 12.2 Å². The highest BCUT2D eigenvalue weighted by Crippen LogP contribution is 2.12.